The Balaban J connectivity index is 1.84. The average Bonchev–Trinajstić information content (AvgIpc) is 3.02. The van der Waals surface area contributed by atoms with Crippen LogP contribution in [0.2, 0.25) is 0 Å². The predicted molar refractivity (Wildman–Crippen MR) is 85.2 cm³/mol. The molecular weight excluding hydrogens is 306 g/mol. The van der Waals surface area contributed by atoms with Gasteiger partial charge in [0.2, 0.25) is 0 Å². The molecule has 3 aromatic rings. The second-order valence-corrected chi connectivity index (χ2v) is 6.74. The third kappa shape index (κ3) is 2.93. The van der Waals surface area contributed by atoms with E-state index in [9.17, 15) is 4.21 Å². The van der Waals surface area contributed by atoms with Crippen LogP contribution in [0.4, 0.5) is 5.69 Å². The van der Waals surface area contributed by atoms with Crippen molar-refractivity contribution in [3.05, 3.63) is 41.7 Å². The van der Waals surface area contributed by atoms with Gasteiger partial charge in [-0.25, -0.2) is 4.98 Å². The van der Waals surface area contributed by atoms with Crippen molar-refractivity contribution in [2.24, 2.45) is 0 Å². The number of hydrogen-bond donors (Lipinski definition) is 1. The van der Waals surface area contributed by atoms with Gasteiger partial charge in [-0.2, -0.15) is 0 Å². The molecule has 3 rings (SSSR count). The Kier molecular flexibility index (Phi) is 3.94. The number of anilines is 1. The normalized spacial score (nSPS) is 12.6. The maximum Gasteiger partial charge on any atom is 0.193 e. The van der Waals surface area contributed by atoms with Gasteiger partial charge in [-0.05, 0) is 25.1 Å². The number of ether oxygens (including phenoxy) is 1. The molecule has 2 N–H and O–H groups in total. The lowest BCUT2D eigenvalue weighted by molar-refractivity contribution is 0.339. The number of benzene rings is 1. The highest BCUT2D eigenvalue weighted by atomic mass is 32.2. The molecule has 21 heavy (non-hydrogen) atoms. The van der Waals surface area contributed by atoms with Crippen LogP contribution in [0.25, 0.3) is 4.96 Å². The SMILES string of the molecule is CCOc1ccc(N)c(S(=O)Cc2cn3ccsc3n2)c1. The molecule has 0 aliphatic carbocycles. The Morgan fingerprint density at radius 3 is 3.10 bits per heavy atom. The lowest BCUT2D eigenvalue weighted by atomic mass is 10.3. The summed E-state index contributed by atoms with van der Waals surface area (Å²) in [5.41, 5.74) is 7.23. The van der Waals surface area contributed by atoms with E-state index in [2.05, 4.69) is 4.98 Å². The van der Waals surface area contributed by atoms with E-state index in [0.717, 1.165) is 10.7 Å². The molecule has 0 saturated heterocycles. The first-order valence-electron chi connectivity index (χ1n) is 6.49. The van der Waals surface area contributed by atoms with Gasteiger partial charge >= 0.3 is 0 Å². The second kappa shape index (κ2) is 5.87. The summed E-state index contributed by atoms with van der Waals surface area (Å²) in [4.78, 5) is 5.94. The number of thiazole rings is 1. The van der Waals surface area contributed by atoms with Gasteiger partial charge in [0.05, 0.1) is 33.7 Å². The summed E-state index contributed by atoms with van der Waals surface area (Å²) >= 11 is 1.55. The second-order valence-electron chi connectivity index (χ2n) is 4.45. The van der Waals surface area contributed by atoms with Crippen LogP contribution in [0.5, 0.6) is 5.75 Å². The van der Waals surface area contributed by atoms with Crippen LogP contribution in [0.15, 0.2) is 40.9 Å². The van der Waals surface area contributed by atoms with Gasteiger partial charge in [0.1, 0.15) is 5.75 Å². The van der Waals surface area contributed by atoms with E-state index in [0.29, 0.717) is 28.7 Å². The maximum absolute atomic E-state index is 12.5. The molecule has 1 atom stereocenters. The molecule has 1 aromatic carbocycles. The zero-order chi connectivity index (χ0) is 14.8. The lowest BCUT2D eigenvalue weighted by Gasteiger charge is -2.08. The Hall–Kier alpha value is -1.86. The molecule has 1 unspecified atom stereocenters. The summed E-state index contributed by atoms with van der Waals surface area (Å²) in [6, 6.07) is 5.25. The maximum atomic E-state index is 12.5. The summed E-state index contributed by atoms with van der Waals surface area (Å²) in [6.07, 6.45) is 3.83. The van der Waals surface area contributed by atoms with Crippen molar-refractivity contribution in [3.8, 4) is 5.75 Å². The largest absolute Gasteiger partial charge is 0.494 e. The van der Waals surface area contributed by atoms with Crippen LogP contribution >= 0.6 is 11.3 Å². The Labute approximate surface area is 128 Å². The predicted octanol–water partition coefficient (Wildman–Crippen LogP) is 2.68. The highest BCUT2D eigenvalue weighted by Gasteiger charge is 2.13. The number of imidazole rings is 1. The minimum atomic E-state index is -1.25. The molecule has 0 spiro atoms. The fourth-order valence-corrected chi connectivity index (χ4v) is 3.89. The van der Waals surface area contributed by atoms with Crippen molar-refractivity contribution in [3.63, 3.8) is 0 Å². The first-order chi connectivity index (χ1) is 10.2. The van der Waals surface area contributed by atoms with Crippen LogP contribution in [-0.4, -0.2) is 20.2 Å². The van der Waals surface area contributed by atoms with Crippen LogP contribution in [0, 0.1) is 0 Å². The highest BCUT2D eigenvalue weighted by molar-refractivity contribution is 7.84. The van der Waals surface area contributed by atoms with Crippen molar-refractivity contribution in [2.75, 3.05) is 12.3 Å². The highest BCUT2D eigenvalue weighted by Crippen LogP contribution is 2.25. The topological polar surface area (TPSA) is 69.6 Å². The zero-order valence-electron chi connectivity index (χ0n) is 11.5. The summed E-state index contributed by atoms with van der Waals surface area (Å²) in [7, 11) is -1.25. The van der Waals surface area contributed by atoms with E-state index in [-0.39, 0.29) is 0 Å². The van der Waals surface area contributed by atoms with Crippen molar-refractivity contribution >= 4 is 32.8 Å². The van der Waals surface area contributed by atoms with E-state index < -0.39 is 10.8 Å². The number of fused-ring (bicyclic) bond motifs is 1. The molecule has 5 nitrogen and oxygen atoms in total. The molecule has 7 heteroatoms. The standard InChI is InChI=1S/C14H15N3O2S2/c1-2-19-11-3-4-12(15)13(7-11)21(18)9-10-8-17-5-6-20-14(17)16-10/h3-8H,2,9,15H2,1H3. The number of hydrogen-bond acceptors (Lipinski definition) is 5. The van der Waals surface area contributed by atoms with Gasteiger partial charge < -0.3 is 10.5 Å². The summed E-state index contributed by atoms with van der Waals surface area (Å²) in [5.74, 6) is 1.02. The van der Waals surface area contributed by atoms with E-state index >= 15 is 0 Å². The molecule has 0 aliphatic rings. The molecule has 0 bridgehead atoms. The molecular formula is C14H15N3O2S2. The molecule has 0 saturated carbocycles. The minimum Gasteiger partial charge on any atom is -0.494 e. The van der Waals surface area contributed by atoms with Crippen molar-refractivity contribution in [1.82, 2.24) is 9.38 Å². The van der Waals surface area contributed by atoms with Crippen molar-refractivity contribution in [1.29, 1.82) is 0 Å². The molecule has 0 amide bonds. The molecule has 0 radical (unpaired) electrons. The van der Waals surface area contributed by atoms with Gasteiger partial charge in [0.25, 0.3) is 0 Å². The van der Waals surface area contributed by atoms with Gasteiger partial charge in [-0.15, -0.1) is 11.3 Å². The molecule has 0 aliphatic heterocycles. The number of nitrogen functional groups attached to an aromatic ring is 1. The first-order valence-corrected chi connectivity index (χ1v) is 8.69. The Morgan fingerprint density at radius 1 is 1.48 bits per heavy atom. The van der Waals surface area contributed by atoms with Crippen LogP contribution in [0.1, 0.15) is 12.6 Å². The molecule has 110 valence electrons. The van der Waals surface area contributed by atoms with Gasteiger partial charge in [-0.1, -0.05) is 0 Å². The fraction of sp³-hybridized carbons (Fsp3) is 0.214. The number of nitrogens with zero attached hydrogens (tertiary/aromatic N) is 2. The minimum absolute atomic E-state index is 0.341. The van der Waals surface area contributed by atoms with E-state index in [1.807, 2.05) is 29.1 Å². The van der Waals surface area contributed by atoms with Crippen molar-refractivity contribution in [2.45, 2.75) is 17.6 Å². The van der Waals surface area contributed by atoms with Crippen LogP contribution in [-0.2, 0) is 16.6 Å². The van der Waals surface area contributed by atoms with Gasteiger partial charge in [0.15, 0.2) is 4.96 Å². The number of nitrogens with two attached hydrogens (primary N) is 1. The number of aromatic nitrogens is 2. The summed E-state index contributed by atoms with van der Waals surface area (Å²) < 4.78 is 19.9. The van der Waals surface area contributed by atoms with E-state index in [4.69, 9.17) is 10.5 Å². The average molecular weight is 321 g/mol. The number of rotatable bonds is 5. The Morgan fingerprint density at radius 2 is 2.33 bits per heavy atom. The molecule has 0 fully saturated rings. The van der Waals surface area contributed by atoms with Gasteiger partial charge in [0, 0.05) is 23.5 Å². The zero-order valence-corrected chi connectivity index (χ0v) is 13.1. The third-order valence-electron chi connectivity index (χ3n) is 2.96. The lowest BCUT2D eigenvalue weighted by Crippen LogP contribution is -2.02. The van der Waals surface area contributed by atoms with Crippen LogP contribution < -0.4 is 10.5 Å². The fourth-order valence-electron chi connectivity index (χ4n) is 2.03. The Bertz CT molecular complexity index is 766. The van der Waals surface area contributed by atoms with E-state index in [1.54, 1.807) is 29.5 Å². The third-order valence-corrected chi connectivity index (χ3v) is 5.14. The van der Waals surface area contributed by atoms with Crippen LogP contribution in [0.3, 0.4) is 0 Å². The molecule has 2 heterocycles. The van der Waals surface area contributed by atoms with E-state index in [1.165, 1.54) is 0 Å². The summed E-state index contributed by atoms with van der Waals surface area (Å²) in [5, 5.41) is 1.96. The quantitative estimate of drug-likeness (QED) is 0.734. The van der Waals surface area contributed by atoms with Gasteiger partial charge in [-0.3, -0.25) is 8.61 Å². The smallest absolute Gasteiger partial charge is 0.193 e. The monoisotopic (exact) mass is 321 g/mol. The van der Waals surface area contributed by atoms with Crippen molar-refractivity contribution < 1.29 is 8.95 Å². The first kappa shape index (κ1) is 14.1. The summed E-state index contributed by atoms with van der Waals surface area (Å²) in [6.45, 7) is 2.47. The molecule has 2 aromatic heterocycles.